The highest BCUT2D eigenvalue weighted by Crippen LogP contribution is 2.18. The lowest BCUT2D eigenvalue weighted by Gasteiger charge is -2.04. The van der Waals surface area contributed by atoms with Crippen LogP contribution in [0.5, 0.6) is 0 Å². The van der Waals surface area contributed by atoms with Crippen molar-refractivity contribution < 1.29 is 0 Å². The van der Waals surface area contributed by atoms with E-state index in [1.54, 1.807) is 24.0 Å². The van der Waals surface area contributed by atoms with Gasteiger partial charge >= 0.3 is 0 Å². The van der Waals surface area contributed by atoms with E-state index in [-0.39, 0.29) is 5.56 Å². The number of rotatable bonds is 1. The number of nitriles is 1. The smallest absolute Gasteiger partial charge is 0.251 e. The summed E-state index contributed by atoms with van der Waals surface area (Å²) in [5, 5.41) is 17.1. The van der Waals surface area contributed by atoms with Crippen molar-refractivity contribution in [3.63, 3.8) is 0 Å². The first-order valence-corrected chi connectivity index (χ1v) is 5.20. The normalized spacial score (nSPS) is 10.7. The minimum absolute atomic E-state index is 0.282. The molecule has 18 heavy (non-hydrogen) atoms. The van der Waals surface area contributed by atoms with Crippen LogP contribution in [0.25, 0.3) is 17.0 Å². The molecule has 0 amide bonds. The number of nitrogens with one attached hydrogen (secondary N) is 1. The first-order chi connectivity index (χ1) is 8.70. The summed E-state index contributed by atoms with van der Waals surface area (Å²) >= 11 is 0. The molecule has 0 aliphatic heterocycles. The lowest BCUT2D eigenvalue weighted by atomic mass is 10.3. The summed E-state index contributed by atoms with van der Waals surface area (Å²) in [6, 6.07) is 5.20. The quantitative estimate of drug-likeness (QED) is 0.662. The Morgan fingerprint density at radius 1 is 1.39 bits per heavy atom. The molecule has 3 heterocycles. The van der Waals surface area contributed by atoms with Gasteiger partial charge in [-0.2, -0.15) is 15.5 Å². The predicted octanol–water partition coefficient (Wildman–Crippen LogP) is 0.295. The van der Waals surface area contributed by atoms with Gasteiger partial charge in [-0.25, -0.2) is 4.52 Å². The summed E-state index contributed by atoms with van der Waals surface area (Å²) in [7, 11) is 1.77. The Kier molecular flexibility index (Phi) is 2.04. The average molecular weight is 240 g/mol. The summed E-state index contributed by atoms with van der Waals surface area (Å²) in [6.07, 6.45) is 3.06. The number of fused-ring (bicyclic) bond motifs is 1. The van der Waals surface area contributed by atoms with E-state index in [1.807, 2.05) is 6.07 Å². The Labute approximate surface area is 101 Å². The maximum absolute atomic E-state index is 11.6. The van der Waals surface area contributed by atoms with Crippen LogP contribution in [0.2, 0.25) is 0 Å². The Bertz CT molecular complexity index is 831. The summed E-state index contributed by atoms with van der Waals surface area (Å²) < 4.78 is 3.17. The third kappa shape index (κ3) is 1.33. The van der Waals surface area contributed by atoms with Crippen molar-refractivity contribution in [2.24, 2.45) is 7.05 Å². The molecule has 7 heteroatoms. The molecule has 3 aromatic rings. The van der Waals surface area contributed by atoms with Gasteiger partial charge in [0.15, 0.2) is 5.65 Å². The minimum atomic E-state index is -0.282. The Hall–Kier alpha value is -2.88. The second-order valence-corrected chi connectivity index (χ2v) is 3.79. The monoisotopic (exact) mass is 240 g/mol. The van der Waals surface area contributed by atoms with E-state index in [2.05, 4.69) is 15.2 Å². The molecule has 0 spiro atoms. The number of H-pyrrole nitrogens is 1. The number of hydrogen-bond acceptors (Lipinski definition) is 4. The number of aromatic amines is 1. The summed E-state index contributed by atoms with van der Waals surface area (Å²) in [5.41, 5.74) is 1.78. The molecule has 0 atom stereocenters. The fourth-order valence-electron chi connectivity index (χ4n) is 1.88. The van der Waals surface area contributed by atoms with E-state index in [1.165, 1.54) is 16.8 Å². The number of aryl methyl sites for hydroxylation is 1. The molecule has 0 aliphatic carbocycles. The lowest BCUT2D eigenvalue weighted by Crippen LogP contribution is -2.11. The van der Waals surface area contributed by atoms with Crippen LogP contribution in [-0.4, -0.2) is 24.4 Å². The zero-order valence-electron chi connectivity index (χ0n) is 9.45. The van der Waals surface area contributed by atoms with Gasteiger partial charge in [-0.3, -0.25) is 9.48 Å². The van der Waals surface area contributed by atoms with Crippen LogP contribution in [0.3, 0.4) is 0 Å². The molecule has 1 N–H and O–H groups in total. The topological polar surface area (TPSA) is 91.8 Å². The summed E-state index contributed by atoms with van der Waals surface area (Å²) in [4.78, 5) is 14.2. The highest BCUT2D eigenvalue weighted by Gasteiger charge is 2.12. The third-order valence-electron chi connectivity index (χ3n) is 2.71. The van der Waals surface area contributed by atoms with Gasteiger partial charge in [0.2, 0.25) is 0 Å². The van der Waals surface area contributed by atoms with Crippen LogP contribution >= 0.6 is 0 Å². The average Bonchev–Trinajstić information content (AvgIpc) is 2.94. The van der Waals surface area contributed by atoms with E-state index < -0.39 is 0 Å². The van der Waals surface area contributed by atoms with E-state index >= 15 is 0 Å². The van der Waals surface area contributed by atoms with E-state index in [0.29, 0.717) is 16.9 Å². The van der Waals surface area contributed by atoms with Crippen LogP contribution in [-0.2, 0) is 7.05 Å². The molecule has 0 fully saturated rings. The Morgan fingerprint density at radius 3 is 2.89 bits per heavy atom. The van der Waals surface area contributed by atoms with E-state index in [4.69, 9.17) is 5.26 Å². The van der Waals surface area contributed by atoms with Gasteiger partial charge in [0.1, 0.15) is 11.6 Å². The molecule has 0 aromatic carbocycles. The zero-order chi connectivity index (χ0) is 12.7. The minimum Gasteiger partial charge on any atom is -0.306 e. The highest BCUT2D eigenvalue weighted by atomic mass is 16.1. The number of hydrogen-bond donors (Lipinski definition) is 1. The zero-order valence-corrected chi connectivity index (χ0v) is 9.45. The first-order valence-electron chi connectivity index (χ1n) is 5.20. The largest absolute Gasteiger partial charge is 0.306 e. The van der Waals surface area contributed by atoms with Crippen molar-refractivity contribution in [3.8, 4) is 17.5 Å². The molecule has 0 radical (unpaired) electrons. The molecule has 0 saturated carbocycles. The standard InChI is InChI=1S/C11H8N6O/c1-16-8(2-3-13-16)9-4-10(18)15-11-7(5-12)6-14-17(9)11/h2-4,6H,1H3,(H,15,18). The van der Waals surface area contributed by atoms with Gasteiger partial charge in [-0.1, -0.05) is 0 Å². The lowest BCUT2D eigenvalue weighted by molar-refractivity contribution is 0.766. The first kappa shape index (κ1) is 10.3. The molecule has 3 rings (SSSR count). The van der Waals surface area contributed by atoms with Gasteiger partial charge in [-0.15, -0.1) is 0 Å². The summed E-state index contributed by atoms with van der Waals surface area (Å²) in [6.45, 7) is 0. The SMILES string of the molecule is Cn1nccc1-c1cc(=O)[nH]c2c(C#N)cnn12. The third-order valence-corrected chi connectivity index (χ3v) is 2.71. The molecule has 0 unspecified atom stereocenters. The van der Waals surface area contributed by atoms with E-state index in [0.717, 1.165) is 5.69 Å². The van der Waals surface area contributed by atoms with Crippen molar-refractivity contribution in [2.75, 3.05) is 0 Å². The molecule has 0 saturated heterocycles. The van der Waals surface area contributed by atoms with Crippen LogP contribution in [0.1, 0.15) is 5.56 Å². The fourth-order valence-corrected chi connectivity index (χ4v) is 1.88. The second-order valence-electron chi connectivity index (χ2n) is 3.79. The Balaban J connectivity index is 2.44. The fraction of sp³-hybridized carbons (Fsp3) is 0.0909. The molecule has 0 bridgehead atoms. The molecule has 3 aromatic heterocycles. The van der Waals surface area contributed by atoms with Crippen LogP contribution in [0.4, 0.5) is 0 Å². The molecule has 7 nitrogen and oxygen atoms in total. The van der Waals surface area contributed by atoms with E-state index in [9.17, 15) is 4.79 Å². The van der Waals surface area contributed by atoms with Gasteiger partial charge < -0.3 is 4.98 Å². The summed E-state index contributed by atoms with van der Waals surface area (Å²) in [5.74, 6) is 0. The molecular weight excluding hydrogens is 232 g/mol. The van der Waals surface area contributed by atoms with Crippen molar-refractivity contribution in [3.05, 3.63) is 40.4 Å². The molecular formula is C11H8N6O. The maximum atomic E-state index is 11.6. The van der Waals surface area contributed by atoms with Crippen LogP contribution < -0.4 is 5.56 Å². The second kappa shape index (κ2) is 3.56. The Morgan fingerprint density at radius 2 is 2.22 bits per heavy atom. The predicted molar refractivity (Wildman–Crippen MR) is 62.7 cm³/mol. The van der Waals surface area contributed by atoms with Gasteiger partial charge in [0, 0.05) is 19.3 Å². The van der Waals surface area contributed by atoms with Crippen molar-refractivity contribution in [1.82, 2.24) is 24.4 Å². The highest BCUT2D eigenvalue weighted by molar-refractivity contribution is 5.62. The maximum Gasteiger partial charge on any atom is 0.251 e. The molecule has 88 valence electrons. The van der Waals surface area contributed by atoms with Gasteiger partial charge in [0.05, 0.1) is 17.6 Å². The van der Waals surface area contributed by atoms with Crippen molar-refractivity contribution in [1.29, 1.82) is 5.26 Å². The molecule has 0 aliphatic rings. The van der Waals surface area contributed by atoms with Crippen LogP contribution in [0, 0.1) is 11.3 Å². The van der Waals surface area contributed by atoms with Crippen LogP contribution in [0.15, 0.2) is 29.3 Å². The number of aromatic nitrogens is 5. The van der Waals surface area contributed by atoms with Gasteiger partial charge in [0.25, 0.3) is 5.56 Å². The van der Waals surface area contributed by atoms with Crippen molar-refractivity contribution in [2.45, 2.75) is 0 Å². The van der Waals surface area contributed by atoms with Gasteiger partial charge in [-0.05, 0) is 6.07 Å². The number of nitrogens with zero attached hydrogens (tertiary/aromatic N) is 5. The van der Waals surface area contributed by atoms with Crippen molar-refractivity contribution >= 4 is 5.65 Å².